The third kappa shape index (κ3) is 6.91. The van der Waals surface area contributed by atoms with Crippen molar-refractivity contribution in [3.63, 3.8) is 0 Å². The second-order valence-corrected chi connectivity index (χ2v) is 4.45. The first-order valence-corrected chi connectivity index (χ1v) is 6.63. The van der Waals surface area contributed by atoms with E-state index in [0.717, 1.165) is 26.2 Å². The molecule has 0 spiro atoms. The SMILES string of the molecule is CCCOCCCCCCC1CCCO1. The van der Waals surface area contributed by atoms with Crippen LogP contribution in [0, 0.1) is 0 Å². The van der Waals surface area contributed by atoms with Gasteiger partial charge < -0.3 is 9.47 Å². The fourth-order valence-corrected chi connectivity index (χ4v) is 2.05. The van der Waals surface area contributed by atoms with E-state index in [1.807, 2.05) is 0 Å². The number of ether oxygens (including phenoxy) is 2. The molecule has 1 aliphatic rings. The first kappa shape index (κ1) is 13.0. The highest BCUT2D eigenvalue weighted by Crippen LogP contribution is 2.18. The monoisotopic (exact) mass is 214 g/mol. The molecule has 0 radical (unpaired) electrons. The van der Waals surface area contributed by atoms with Gasteiger partial charge in [-0.15, -0.1) is 0 Å². The van der Waals surface area contributed by atoms with Crippen molar-refractivity contribution in [1.29, 1.82) is 0 Å². The van der Waals surface area contributed by atoms with Crippen molar-refractivity contribution in [3.8, 4) is 0 Å². The topological polar surface area (TPSA) is 18.5 Å². The Hall–Kier alpha value is -0.0800. The van der Waals surface area contributed by atoms with Gasteiger partial charge in [0.15, 0.2) is 0 Å². The smallest absolute Gasteiger partial charge is 0.0576 e. The van der Waals surface area contributed by atoms with Crippen LogP contribution in [-0.4, -0.2) is 25.9 Å². The maximum atomic E-state index is 5.59. The molecular weight excluding hydrogens is 188 g/mol. The van der Waals surface area contributed by atoms with Crippen LogP contribution < -0.4 is 0 Å². The van der Waals surface area contributed by atoms with Crippen molar-refractivity contribution >= 4 is 0 Å². The van der Waals surface area contributed by atoms with Crippen LogP contribution >= 0.6 is 0 Å². The second kappa shape index (κ2) is 9.17. The zero-order valence-corrected chi connectivity index (χ0v) is 10.2. The van der Waals surface area contributed by atoms with E-state index in [-0.39, 0.29) is 0 Å². The molecule has 90 valence electrons. The van der Waals surface area contributed by atoms with Crippen molar-refractivity contribution in [3.05, 3.63) is 0 Å². The Morgan fingerprint density at radius 3 is 2.73 bits per heavy atom. The Bertz CT molecular complexity index is 130. The van der Waals surface area contributed by atoms with Crippen molar-refractivity contribution in [2.24, 2.45) is 0 Å². The molecule has 1 heterocycles. The summed E-state index contributed by atoms with van der Waals surface area (Å²) < 4.78 is 11.0. The van der Waals surface area contributed by atoms with Crippen LogP contribution in [0.1, 0.15) is 58.3 Å². The van der Waals surface area contributed by atoms with E-state index < -0.39 is 0 Å². The third-order valence-electron chi connectivity index (χ3n) is 2.94. The molecule has 0 bridgehead atoms. The lowest BCUT2D eigenvalue weighted by atomic mass is 10.1. The largest absolute Gasteiger partial charge is 0.381 e. The summed E-state index contributed by atoms with van der Waals surface area (Å²) in [4.78, 5) is 0. The van der Waals surface area contributed by atoms with Gasteiger partial charge in [0.2, 0.25) is 0 Å². The summed E-state index contributed by atoms with van der Waals surface area (Å²) >= 11 is 0. The van der Waals surface area contributed by atoms with E-state index >= 15 is 0 Å². The number of hydrogen-bond acceptors (Lipinski definition) is 2. The lowest BCUT2D eigenvalue weighted by molar-refractivity contribution is 0.101. The lowest BCUT2D eigenvalue weighted by Gasteiger charge is -2.08. The molecule has 0 amide bonds. The average Bonchev–Trinajstić information content (AvgIpc) is 2.75. The first-order valence-electron chi connectivity index (χ1n) is 6.63. The number of hydrogen-bond donors (Lipinski definition) is 0. The summed E-state index contributed by atoms with van der Waals surface area (Å²) in [5.74, 6) is 0. The fraction of sp³-hybridized carbons (Fsp3) is 1.00. The van der Waals surface area contributed by atoms with Gasteiger partial charge in [0.1, 0.15) is 0 Å². The Labute approximate surface area is 94.3 Å². The van der Waals surface area contributed by atoms with Crippen molar-refractivity contribution in [1.82, 2.24) is 0 Å². The van der Waals surface area contributed by atoms with Gasteiger partial charge in [0.05, 0.1) is 6.10 Å². The quantitative estimate of drug-likeness (QED) is 0.546. The third-order valence-corrected chi connectivity index (χ3v) is 2.94. The summed E-state index contributed by atoms with van der Waals surface area (Å²) in [6.07, 6.45) is 10.8. The van der Waals surface area contributed by atoms with E-state index in [1.54, 1.807) is 0 Å². The zero-order valence-electron chi connectivity index (χ0n) is 10.2. The molecule has 0 aromatic heterocycles. The summed E-state index contributed by atoms with van der Waals surface area (Å²) in [5, 5.41) is 0. The van der Waals surface area contributed by atoms with E-state index in [2.05, 4.69) is 6.92 Å². The van der Waals surface area contributed by atoms with E-state index in [1.165, 1.54) is 44.9 Å². The summed E-state index contributed by atoms with van der Waals surface area (Å²) in [7, 11) is 0. The van der Waals surface area contributed by atoms with Crippen LogP contribution in [0.5, 0.6) is 0 Å². The van der Waals surface area contributed by atoms with Crippen molar-refractivity contribution in [2.75, 3.05) is 19.8 Å². The lowest BCUT2D eigenvalue weighted by Crippen LogP contribution is -2.04. The Balaban J connectivity index is 1.73. The standard InChI is InChI=1S/C13H26O2/c1-2-10-14-11-6-4-3-5-8-13-9-7-12-15-13/h13H,2-12H2,1H3. The molecule has 1 fully saturated rings. The highest BCUT2D eigenvalue weighted by molar-refractivity contribution is 4.64. The molecule has 0 saturated carbocycles. The number of unbranched alkanes of at least 4 members (excludes halogenated alkanes) is 3. The molecule has 15 heavy (non-hydrogen) atoms. The number of rotatable bonds is 9. The molecule has 1 unspecified atom stereocenters. The minimum atomic E-state index is 0.585. The van der Waals surface area contributed by atoms with Crippen LogP contribution in [0.3, 0.4) is 0 Å². The maximum absolute atomic E-state index is 5.59. The van der Waals surface area contributed by atoms with Crippen molar-refractivity contribution in [2.45, 2.75) is 64.4 Å². The predicted molar refractivity (Wildman–Crippen MR) is 63.2 cm³/mol. The Morgan fingerprint density at radius 2 is 2.00 bits per heavy atom. The molecule has 2 heteroatoms. The van der Waals surface area contributed by atoms with E-state index in [4.69, 9.17) is 9.47 Å². The predicted octanol–water partition coefficient (Wildman–Crippen LogP) is 3.54. The summed E-state index contributed by atoms with van der Waals surface area (Å²) in [6.45, 7) is 5.03. The Kier molecular flexibility index (Phi) is 7.94. The molecule has 2 nitrogen and oxygen atoms in total. The average molecular weight is 214 g/mol. The van der Waals surface area contributed by atoms with E-state index in [9.17, 15) is 0 Å². The summed E-state index contributed by atoms with van der Waals surface area (Å²) in [5.41, 5.74) is 0. The van der Waals surface area contributed by atoms with Crippen LogP contribution in [0.2, 0.25) is 0 Å². The van der Waals surface area contributed by atoms with Gasteiger partial charge in [-0.1, -0.05) is 26.2 Å². The van der Waals surface area contributed by atoms with Gasteiger partial charge in [-0.3, -0.25) is 0 Å². The van der Waals surface area contributed by atoms with Gasteiger partial charge in [-0.25, -0.2) is 0 Å². The molecule has 0 N–H and O–H groups in total. The maximum Gasteiger partial charge on any atom is 0.0576 e. The van der Waals surface area contributed by atoms with Crippen LogP contribution in [0.15, 0.2) is 0 Å². The molecule has 1 rings (SSSR count). The molecule has 1 aliphatic heterocycles. The molecule has 1 saturated heterocycles. The highest BCUT2D eigenvalue weighted by atomic mass is 16.5. The zero-order chi connectivity index (χ0) is 10.8. The van der Waals surface area contributed by atoms with Gasteiger partial charge >= 0.3 is 0 Å². The fourth-order valence-electron chi connectivity index (χ4n) is 2.05. The van der Waals surface area contributed by atoms with Crippen LogP contribution in [-0.2, 0) is 9.47 Å². The first-order chi connectivity index (χ1) is 7.43. The van der Waals surface area contributed by atoms with E-state index in [0.29, 0.717) is 6.10 Å². The minimum Gasteiger partial charge on any atom is -0.381 e. The van der Waals surface area contributed by atoms with Gasteiger partial charge in [0.25, 0.3) is 0 Å². The molecule has 0 aliphatic carbocycles. The second-order valence-electron chi connectivity index (χ2n) is 4.45. The van der Waals surface area contributed by atoms with Crippen LogP contribution in [0.4, 0.5) is 0 Å². The minimum absolute atomic E-state index is 0.585. The summed E-state index contributed by atoms with van der Waals surface area (Å²) in [6, 6.07) is 0. The van der Waals surface area contributed by atoms with Crippen molar-refractivity contribution < 1.29 is 9.47 Å². The van der Waals surface area contributed by atoms with Gasteiger partial charge in [-0.2, -0.15) is 0 Å². The molecule has 0 aromatic carbocycles. The molecular formula is C13H26O2. The molecule has 0 aromatic rings. The normalized spacial score (nSPS) is 21.0. The van der Waals surface area contributed by atoms with Gasteiger partial charge in [0, 0.05) is 19.8 Å². The highest BCUT2D eigenvalue weighted by Gasteiger charge is 2.14. The van der Waals surface area contributed by atoms with Crippen LogP contribution in [0.25, 0.3) is 0 Å². The van der Waals surface area contributed by atoms with Gasteiger partial charge in [-0.05, 0) is 32.1 Å². The Morgan fingerprint density at radius 1 is 1.13 bits per heavy atom. The molecule has 1 atom stereocenters.